The van der Waals surface area contributed by atoms with Crippen molar-refractivity contribution in [1.82, 2.24) is 0 Å². The zero-order chi connectivity index (χ0) is 14.0. The lowest BCUT2D eigenvalue weighted by Crippen LogP contribution is -2.24. The number of Topliss-reactive ketones (excluding diaryl/α,β-unsaturated/α-hetero) is 1. The lowest BCUT2D eigenvalue weighted by atomic mass is 10.1. The van der Waals surface area contributed by atoms with Crippen LogP contribution in [0.5, 0.6) is 0 Å². The van der Waals surface area contributed by atoms with Gasteiger partial charge in [-0.2, -0.15) is 0 Å². The molecule has 5 heteroatoms. The molecular weight excluding hydrogens is 249 g/mol. The normalized spacial score (nSPS) is 18.5. The van der Waals surface area contributed by atoms with Gasteiger partial charge in [0.2, 0.25) is 0 Å². The number of rotatable bonds is 3. The molecule has 1 aliphatic rings. The van der Waals surface area contributed by atoms with Gasteiger partial charge >= 0.3 is 5.97 Å². The minimum absolute atomic E-state index is 0.167. The van der Waals surface area contributed by atoms with Gasteiger partial charge in [0.15, 0.2) is 5.78 Å². The van der Waals surface area contributed by atoms with Gasteiger partial charge in [-0.15, -0.1) is 0 Å². The predicted octanol–water partition coefficient (Wildman–Crippen LogP) is 2.03. The van der Waals surface area contributed by atoms with Gasteiger partial charge in [0.05, 0.1) is 18.7 Å². The number of halogens is 1. The number of nitrogens with zero attached hydrogens (tertiary/aromatic N) is 1. The predicted molar refractivity (Wildman–Crippen MR) is 68.7 cm³/mol. The van der Waals surface area contributed by atoms with E-state index in [-0.39, 0.29) is 17.7 Å². The third-order valence-corrected chi connectivity index (χ3v) is 3.42. The van der Waals surface area contributed by atoms with Crippen molar-refractivity contribution in [3.05, 3.63) is 29.6 Å². The Morgan fingerprint density at radius 3 is 2.74 bits per heavy atom. The summed E-state index contributed by atoms with van der Waals surface area (Å²) in [6.07, 6.45) is 0.653. The molecule has 102 valence electrons. The molecule has 1 fully saturated rings. The molecule has 1 saturated heterocycles. The van der Waals surface area contributed by atoms with Crippen molar-refractivity contribution in [3.63, 3.8) is 0 Å². The smallest absolute Gasteiger partial charge is 0.310 e. The van der Waals surface area contributed by atoms with Gasteiger partial charge < -0.3 is 9.64 Å². The summed E-state index contributed by atoms with van der Waals surface area (Å²) in [7, 11) is 1.35. The molecule has 1 aromatic carbocycles. The molecule has 19 heavy (non-hydrogen) atoms. The van der Waals surface area contributed by atoms with Crippen molar-refractivity contribution in [2.75, 3.05) is 25.1 Å². The van der Waals surface area contributed by atoms with Crippen molar-refractivity contribution in [3.8, 4) is 0 Å². The van der Waals surface area contributed by atoms with Crippen LogP contribution in [0.25, 0.3) is 0 Å². The van der Waals surface area contributed by atoms with Crippen LogP contribution >= 0.6 is 0 Å². The number of hydrogen-bond donors (Lipinski definition) is 0. The molecule has 1 aromatic rings. The van der Waals surface area contributed by atoms with Gasteiger partial charge in [0.25, 0.3) is 0 Å². The number of anilines is 1. The molecule has 1 unspecified atom stereocenters. The van der Waals surface area contributed by atoms with Crippen molar-refractivity contribution >= 4 is 17.4 Å². The van der Waals surface area contributed by atoms with Gasteiger partial charge in [-0.3, -0.25) is 9.59 Å². The average Bonchev–Trinajstić information content (AvgIpc) is 2.87. The molecule has 1 heterocycles. The third-order valence-electron chi connectivity index (χ3n) is 3.42. The van der Waals surface area contributed by atoms with E-state index in [0.29, 0.717) is 30.8 Å². The summed E-state index contributed by atoms with van der Waals surface area (Å²) < 4.78 is 18.7. The van der Waals surface area contributed by atoms with E-state index < -0.39 is 5.82 Å². The van der Waals surface area contributed by atoms with Crippen LogP contribution in [0.1, 0.15) is 23.7 Å². The molecule has 0 amide bonds. The van der Waals surface area contributed by atoms with Crippen molar-refractivity contribution < 1.29 is 18.7 Å². The van der Waals surface area contributed by atoms with Crippen LogP contribution < -0.4 is 4.90 Å². The van der Waals surface area contributed by atoms with Gasteiger partial charge in [-0.05, 0) is 31.5 Å². The van der Waals surface area contributed by atoms with Crippen LogP contribution in [-0.2, 0) is 9.53 Å². The lowest BCUT2D eigenvalue weighted by molar-refractivity contribution is -0.144. The van der Waals surface area contributed by atoms with Crippen LogP contribution in [0, 0.1) is 11.7 Å². The van der Waals surface area contributed by atoms with E-state index in [0.717, 1.165) is 0 Å². The SMILES string of the molecule is COC(=O)C1CCN(c2ccc(C(C)=O)cc2F)C1. The van der Waals surface area contributed by atoms with Gasteiger partial charge in [0.1, 0.15) is 5.82 Å². The van der Waals surface area contributed by atoms with E-state index in [1.807, 2.05) is 0 Å². The second-order valence-electron chi connectivity index (χ2n) is 4.68. The Morgan fingerprint density at radius 1 is 1.42 bits per heavy atom. The summed E-state index contributed by atoms with van der Waals surface area (Å²) >= 11 is 0. The van der Waals surface area contributed by atoms with Crippen molar-refractivity contribution in [1.29, 1.82) is 0 Å². The number of carbonyl (C=O) groups is 2. The summed E-state index contributed by atoms with van der Waals surface area (Å²) in [6, 6.07) is 4.43. The Morgan fingerprint density at radius 2 is 2.16 bits per heavy atom. The Labute approximate surface area is 111 Å². The number of ether oxygens (including phenoxy) is 1. The van der Waals surface area contributed by atoms with Gasteiger partial charge in [-0.25, -0.2) is 4.39 Å². The lowest BCUT2D eigenvalue weighted by Gasteiger charge is -2.19. The van der Waals surface area contributed by atoms with Crippen LogP contribution in [0.3, 0.4) is 0 Å². The maximum atomic E-state index is 14.0. The zero-order valence-electron chi connectivity index (χ0n) is 11.0. The van der Waals surface area contributed by atoms with E-state index >= 15 is 0 Å². The average molecular weight is 265 g/mol. The standard InChI is InChI=1S/C14H16FNO3/c1-9(17)10-3-4-13(12(15)7-10)16-6-5-11(8-16)14(18)19-2/h3-4,7,11H,5-6,8H2,1-2H3. The fourth-order valence-electron chi connectivity index (χ4n) is 2.32. The Bertz CT molecular complexity index is 515. The maximum absolute atomic E-state index is 14.0. The highest BCUT2D eigenvalue weighted by molar-refractivity contribution is 5.94. The summed E-state index contributed by atoms with van der Waals surface area (Å²) in [6.45, 7) is 2.46. The highest BCUT2D eigenvalue weighted by atomic mass is 19.1. The number of carbonyl (C=O) groups excluding carboxylic acids is 2. The maximum Gasteiger partial charge on any atom is 0.310 e. The number of benzene rings is 1. The number of esters is 1. The van der Waals surface area contributed by atoms with E-state index in [1.54, 1.807) is 17.0 Å². The topological polar surface area (TPSA) is 46.6 Å². The molecule has 4 nitrogen and oxygen atoms in total. The first-order valence-electron chi connectivity index (χ1n) is 6.16. The molecule has 0 N–H and O–H groups in total. The summed E-state index contributed by atoms with van der Waals surface area (Å²) in [5.74, 6) is -1.07. The summed E-state index contributed by atoms with van der Waals surface area (Å²) in [5.41, 5.74) is 0.779. The van der Waals surface area contributed by atoms with E-state index in [1.165, 1.54) is 20.1 Å². The summed E-state index contributed by atoms with van der Waals surface area (Å²) in [5, 5.41) is 0. The highest BCUT2D eigenvalue weighted by Gasteiger charge is 2.30. The molecular formula is C14H16FNO3. The molecule has 0 bridgehead atoms. The Balaban J connectivity index is 2.16. The molecule has 0 radical (unpaired) electrons. The van der Waals surface area contributed by atoms with E-state index in [9.17, 15) is 14.0 Å². The minimum Gasteiger partial charge on any atom is -0.469 e. The first kappa shape index (κ1) is 13.5. The van der Waals surface area contributed by atoms with Crippen molar-refractivity contribution in [2.45, 2.75) is 13.3 Å². The molecule has 1 aliphatic heterocycles. The molecule has 0 spiro atoms. The van der Waals surface area contributed by atoms with Crippen molar-refractivity contribution in [2.24, 2.45) is 5.92 Å². The number of hydrogen-bond acceptors (Lipinski definition) is 4. The quantitative estimate of drug-likeness (QED) is 0.619. The molecule has 0 aliphatic carbocycles. The second-order valence-corrected chi connectivity index (χ2v) is 4.68. The first-order chi connectivity index (χ1) is 9.02. The monoisotopic (exact) mass is 265 g/mol. The second kappa shape index (κ2) is 5.38. The largest absolute Gasteiger partial charge is 0.469 e. The van der Waals surface area contributed by atoms with Crippen LogP contribution in [0.2, 0.25) is 0 Å². The van der Waals surface area contributed by atoms with Gasteiger partial charge in [0, 0.05) is 18.7 Å². The van der Waals surface area contributed by atoms with Gasteiger partial charge in [-0.1, -0.05) is 0 Å². The fraction of sp³-hybridized carbons (Fsp3) is 0.429. The molecule has 0 aromatic heterocycles. The molecule has 2 rings (SSSR count). The number of methoxy groups -OCH3 is 1. The van der Waals surface area contributed by atoms with Crippen LogP contribution in [0.4, 0.5) is 10.1 Å². The first-order valence-corrected chi connectivity index (χ1v) is 6.16. The molecule has 0 saturated carbocycles. The zero-order valence-corrected chi connectivity index (χ0v) is 11.0. The minimum atomic E-state index is -0.432. The third kappa shape index (κ3) is 2.75. The highest BCUT2D eigenvalue weighted by Crippen LogP contribution is 2.27. The fourth-order valence-corrected chi connectivity index (χ4v) is 2.32. The van der Waals surface area contributed by atoms with E-state index in [4.69, 9.17) is 4.74 Å². The summed E-state index contributed by atoms with van der Waals surface area (Å²) in [4.78, 5) is 24.4. The number of ketones is 1. The van der Waals surface area contributed by atoms with E-state index in [2.05, 4.69) is 0 Å². The van der Waals surface area contributed by atoms with Crippen LogP contribution in [-0.4, -0.2) is 32.0 Å². The Kier molecular flexibility index (Phi) is 3.83. The Hall–Kier alpha value is -1.91. The van der Waals surface area contributed by atoms with Crippen LogP contribution in [0.15, 0.2) is 18.2 Å². The molecule has 1 atom stereocenters.